The number of nitrogens with one attached hydrogen (secondary N) is 1. The lowest BCUT2D eigenvalue weighted by Crippen LogP contribution is -2.39. The zero-order chi connectivity index (χ0) is 15.5. The number of amides is 2. The Balaban J connectivity index is 4.06. The maximum Gasteiger partial charge on any atom is 0.234 e. The quantitative estimate of drug-likeness (QED) is 0.554. The molecule has 116 valence electrons. The van der Waals surface area contributed by atoms with Crippen molar-refractivity contribution in [2.75, 3.05) is 39.8 Å². The van der Waals surface area contributed by atoms with Crippen molar-refractivity contribution >= 4 is 29.0 Å². The standard InChI is InChI=1S/C13H26N4O2S/c1-4-15-12(18)10-17(5-2)9-7-13(19)16(3)8-6-11(14)20/h4-10H2,1-3H3,(H2,14,20)(H,15,18). The second kappa shape index (κ2) is 10.6. The first-order valence-corrected chi connectivity index (χ1v) is 7.32. The molecule has 0 atom stereocenters. The van der Waals surface area contributed by atoms with Crippen molar-refractivity contribution in [2.45, 2.75) is 26.7 Å². The van der Waals surface area contributed by atoms with Crippen molar-refractivity contribution in [1.29, 1.82) is 0 Å². The molecule has 0 spiro atoms. The van der Waals surface area contributed by atoms with Crippen LogP contribution in [0, 0.1) is 0 Å². The average molecular weight is 302 g/mol. The Kier molecular flexibility index (Phi) is 9.92. The highest BCUT2D eigenvalue weighted by Crippen LogP contribution is 1.97. The fourth-order valence-corrected chi connectivity index (χ4v) is 1.74. The van der Waals surface area contributed by atoms with Gasteiger partial charge in [-0.15, -0.1) is 0 Å². The van der Waals surface area contributed by atoms with E-state index in [-0.39, 0.29) is 11.8 Å². The molecule has 0 saturated carbocycles. The highest BCUT2D eigenvalue weighted by Gasteiger charge is 2.13. The summed E-state index contributed by atoms with van der Waals surface area (Å²) in [5.41, 5.74) is 5.41. The summed E-state index contributed by atoms with van der Waals surface area (Å²) in [6.07, 6.45) is 0.926. The average Bonchev–Trinajstić information content (AvgIpc) is 2.40. The van der Waals surface area contributed by atoms with E-state index in [1.165, 1.54) is 0 Å². The topological polar surface area (TPSA) is 78.7 Å². The van der Waals surface area contributed by atoms with Crippen LogP contribution in [0.2, 0.25) is 0 Å². The maximum absolute atomic E-state index is 11.9. The molecule has 0 fully saturated rings. The van der Waals surface area contributed by atoms with E-state index in [0.29, 0.717) is 44.0 Å². The lowest BCUT2D eigenvalue weighted by molar-refractivity contribution is -0.130. The van der Waals surface area contributed by atoms with E-state index in [1.54, 1.807) is 11.9 Å². The van der Waals surface area contributed by atoms with Gasteiger partial charge in [0.1, 0.15) is 0 Å². The van der Waals surface area contributed by atoms with Gasteiger partial charge < -0.3 is 16.0 Å². The molecule has 6 nitrogen and oxygen atoms in total. The predicted octanol–water partition coefficient (Wildman–Crippen LogP) is -0.0309. The van der Waals surface area contributed by atoms with Gasteiger partial charge >= 0.3 is 0 Å². The summed E-state index contributed by atoms with van der Waals surface area (Å²) in [5, 5.41) is 2.75. The Morgan fingerprint density at radius 1 is 1.20 bits per heavy atom. The third-order valence-electron chi connectivity index (χ3n) is 2.95. The van der Waals surface area contributed by atoms with E-state index in [0.717, 1.165) is 6.54 Å². The van der Waals surface area contributed by atoms with Crippen molar-refractivity contribution in [3.05, 3.63) is 0 Å². The monoisotopic (exact) mass is 302 g/mol. The normalized spacial score (nSPS) is 10.4. The van der Waals surface area contributed by atoms with Crippen LogP contribution in [-0.2, 0) is 9.59 Å². The number of hydrogen-bond acceptors (Lipinski definition) is 4. The molecule has 20 heavy (non-hydrogen) atoms. The van der Waals surface area contributed by atoms with Crippen molar-refractivity contribution in [2.24, 2.45) is 5.73 Å². The molecule has 0 bridgehead atoms. The van der Waals surface area contributed by atoms with Crippen LogP contribution in [0.3, 0.4) is 0 Å². The number of carbonyl (C=O) groups is 2. The third-order valence-corrected chi connectivity index (χ3v) is 3.15. The van der Waals surface area contributed by atoms with Crippen molar-refractivity contribution in [3.63, 3.8) is 0 Å². The molecule has 0 aromatic heterocycles. The molecule has 0 aromatic rings. The van der Waals surface area contributed by atoms with Gasteiger partial charge in [-0.25, -0.2) is 0 Å². The summed E-state index contributed by atoms with van der Waals surface area (Å²) in [7, 11) is 1.74. The van der Waals surface area contributed by atoms with Crippen LogP contribution in [0.4, 0.5) is 0 Å². The SMILES string of the molecule is CCNC(=O)CN(CC)CCC(=O)N(C)CCC(N)=S. The van der Waals surface area contributed by atoms with Crippen molar-refractivity contribution in [1.82, 2.24) is 15.1 Å². The fraction of sp³-hybridized carbons (Fsp3) is 0.769. The maximum atomic E-state index is 11.9. The highest BCUT2D eigenvalue weighted by atomic mass is 32.1. The van der Waals surface area contributed by atoms with Crippen molar-refractivity contribution < 1.29 is 9.59 Å². The second-order valence-electron chi connectivity index (χ2n) is 4.60. The van der Waals surface area contributed by atoms with E-state index >= 15 is 0 Å². The van der Waals surface area contributed by atoms with Crippen LogP contribution in [0.5, 0.6) is 0 Å². The minimum Gasteiger partial charge on any atom is -0.393 e. The van der Waals surface area contributed by atoms with Gasteiger partial charge in [0.15, 0.2) is 0 Å². The molecule has 7 heteroatoms. The van der Waals surface area contributed by atoms with Gasteiger partial charge in [-0.3, -0.25) is 14.5 Å². The lowest BCUT2D eigenvalue weighted by Gasteiger charge is -2.22. The first kappa shape index (κ1) is 18.8. The summed E-state index contributed by atoms with van der Waals surface area (Å²) in [6, 6.07) is 0. The number of nitrogens with zero attached hydrogens (tertiary/aromatic N) is 2. The van der Waals surface area contributed by atoms with Crippen molar-refractivity contribution in [3.8, 4) is 0 Å². The van der Waals surface area contributed by atoms with Crippen LogP contribution in [0.15, 0.2) is 0 Å². The fourth-order valence-electron chi connectivity index (χ4n) is 1.65. The van der Waals surface area contributed by atoms with E-state index in [1.807, 2.05) is 18.7 Å². The Bertz CT molecular complexity index is 336. The summed E-state index contributed by atoms with van der Waals surface area (Å²) < 4.78 is 0. The van der Waals surface area contributed by atoms with Crippen LogP contribution >= 0.6 is 12.2 Å². The molecule has 0 saturated heterocycles. The molecule has 0 radical (unpaired) electrons. The van der Waals surface area contributed by atoms with Crippen LogP contribution in [-0.4, -0.2) is 66.4 Å². The number of nitrogens with two attached hydrogens (primary N) is 1. The molecule has 0 aliphatic rings. The number of carbonyl (C=O) groups excluding carboxylic acids is 2. The molecule has 0 aliphatic carbocycles. The Morgan fingerprint density at radius 2 is 1.85 bits per heavy atom. The van der Waals surface area contributed by atoms with Crippen LogP contribution in [0.25, 0.3) is 0 Å². The first-order chi connectivity index (χ1) is 9.40. The zero-order valence-electron chi connectivity index (χ0n) is 12.6. The molecular formula is C13H26N4O2S. The van der Waals surface area contributed by atoms with Gasteiger partial charge in [-0.2, -0.15) is 0 Å². The van der Waals surface area contributed by atoms with Crippen LogP contribution < -0.4 is 11.1 Å². The zero-order valence-corrected chi connectivity index (χ0v) is 13.5. The van der Waals surface area contributed by atoms with Gasteiger partial charge in [0.2, 0.25) is 11.8 Å². The Hall–Kier alpha value is -1.21. The second-order valence-corrected chi connectivity index (χ2v) is 5.13. The summed E-state index contributed by atoms with van der Waals surface area (Å²) in [6.45, 7) is 6.65. The molecule has 0 unspecified atom stereocenters. The van der Waals surface area contributed by atoms with Gasteiger partial charge in [-0.1, -0.05) is 19.1 Å². The minimum absolute atomic E-state index is 0.0105. The van der Waals surface area contributed by atoms with Gasteiger partial charge in [0.25, 0.3) is 0 Å². The summed E-state index contributed by atoms with van der Waals surface area (Å²) in [4.78, 5) is 27.4. The largest absolute Gasteiger partial charge is 0.393 e. The summed E-state index contributed by atoms with van der Waals surface area (Å²) >= 11 is 4.78. The molecule has 2 amide bonds. The Morgan fingerprint density at radius 3 is 2.35 bits per heavy atom. The predicted molar refractivity (Wildman–Crippen MR) is 84.5 cm³/mol. The Labute approximate surface area is 126 Å². The van der Waals surface area contributed by atoms with Gasteiger partial charge in [0, 0.05) is 39.5 Å². The van der Waals surface area contributed by atoms with Gasteiger partial charge in [0.05, 0.1) is 11.5 Å². The van der Waals surface area contributed by atoms with E-state index in [4.69, 9.17) is 18.0 Å². The van der Waals surface area contributed by atoms with Gasteiger partial charge in [-0.05, 0) is 13.5 Å². The number of hydrogen-bond donors (Lipinski definition) is 2. The van der Waals surface area contributed by atoms with E-state index in [9.17, 15) is 9.59 Å². The van der Waals surface area contributed by atoms with E-state index < -0.39 is 0 Å². The van der Waals surface area contributed by atoms with Crippen LogP contribution in [0.1, 0.15) is 26.7 Å². The molecule has 0 rings (SSSR count). The first-order valence-electron chi connectivity index (χ1n) is 6.92. The number of thiocarbonyl (C=S) groups is 1. The third kappa shape index (κ3) is 8.82. The smallest absolute Gasteiger partial charge is 0.234 e. The summed E-state index contributed by atoms with van der Waals surface area (Å²) in [5.74, 6) is 0.0271. The lowest BCUT2D eigenvalue weighted by atomic mass is 10.3. The number of rotatable bonds is 10. The number of likely N-dealkylation sites (N-methyl/N-ethyl adjacent to an activating group) is 2. The molecule has 0 aliphatic heterocycles. The molecule has 3 N–H and O–H groups in total. The minimum atomic E-state index is -0.0105. The highest BCUT2D eigenvalue weighted by molar-refractivity contribution is 7.80. The van der Waals surface area contributed by atoms with E-state index in [2.05, 4.69) is 5.32 Å². The molecule has 0 heterocycles. The molecule has 0 aromatic carbocycles. The molecular weight excluding hydrogens is 276 g/mol.